The number of nitrogens with one attached hydrogen (secondary N) is 1. The van der Waals surface area contributed by atoms with E-state index >= 15 is 0 Å². The molecule has 0 aromatic heterocycles. The molecule has 0 aliphatic carbocycles. The van der Waals surface area contributed by atoms with Gasteiger partial charge in [0, 0.05) is 4.90 Å². The van der Waals surface area contributed by atoms with Crippen LogP contribution in [0.2, 0.25) is 0 Å². The molecular weight excluding hydrogens is 297 g/mol. The van der Waals surface area contributed by atoms with Crippen molar-refractivity contribution in [1.29, 1.82) is 5.26 Å². The van der Waals surface area contributed by atoms with Gasteiger partial charge in [-0.1, -0.05) is 13.0 Å². The first kappa shape index (κ1) is 15.3. The van der Waals surface area contributed by atoms with Gasteiger partial charge in [0.05, 0.1) is 16.9 Å². The van der Waals surface area contributed by atoms with E-state index < -0.39 is 17.5 Å². The van der Waals surface area contributed by atoms with E-state index in [9.17, 15) is 18.4 Å². The summed E-state index contributed by atoms with van der Waals surface area (Å²) in [5.41, 5.74) is 0.471. The molecule has 0 aliphatic rings. The Morgan fingerprint density at radius 2 is 1.86 bits per heavy atom. The standard InChI is InChI=1S/C15H11F3N2S/c1-2-21-13-5-3-4-11(9(13)8-19)20-12-7-6-10(16)14(17)15(12)18/h3-7,20H,2H2,1H3. The molecule has 0 radical (unpaired) electrons. The van der Waals surface area contributed by atoms with Gasteiger partial charge in [0.25, 0.3) is 0 Å². The number of nitriles is 1. The molecular formula is C15H11F3N2S. The number of hydrogen-bond acceptors (Lipinski definition) is 3. The Morgan fingerprint density at radius 1 is 1.10 bits per heavy atom. The molecule has 0 amide bonds. The Labute approximate surface area is 124 Å². The van der Waals surface area contributed by atoms with Crippen molar-refractivity contribution in [2.45, 2.75) is 11.8 Å². The first-order valence-electron chi connectivity index (χ1n) is 6.15. The molecule has 0 fully saturated rings. The lowest BCUT2D eigenvalue weighted by Crippen LogP contribution is -2.01. The van der Waals surface area contributed by atoms with Crippen molar-refractivity contribution in [2.24, 2.45) is 0 Å². The molecule has 2 aromatic rings. The molecule has 0 atom stereocenters. The zero-order valence-electron chi connectivity index (χ0n) is 11.1. The highest BCUT2D eigenvalue weighted by molar-refractivity contribution is 7.99. The van der Waals surface area contributed by atoms with Crippen LogP contribution >= 0.6 is 11.8 Å². The zero-order chi connectivity index (χ0) is 15.4. The van der Waals surface area contributed by atoms with Crippen LogP contribution in [0.15, 0.2) is 35.2 Å². The molecule has 0 spiro atoms. The molecule has 2 rings (SSSR count). The van der Waals surface area contributed by atoms with Gasteiger partial charge in [0.15, 0.2) is 17.5 Å². The highest BCUT2D eigenvalue weighted by Gasteiger charge is 2.15. The summed E-state index contributed by atoms with van der Waals surface area (Å²) >= 11 is 1.47. The molecule has 0 saturated carbocycles. The predicted molar refractivity (Wildman–Crippen MR) is 77.2 cm³/mol. The van der Waals surface area contributed by atoms with Crippen molar-refractivity contribution >= 4 is 23.1 Å². The Balaban J connectivity index is 2.43. The number of thioether (sulfide) groups is 1. The highest BCUT2D eigenvalue weighted by atomic mass is 32.2. The number of nitrogens with zero attached hydrogens (tertiary/aromatic N) is 1. The quantitative estimate of drug-likeness (QED) is 0.649. The van der Waals surface area contributed by atoms with E-state index in [-0.39, 0.29) is 5.69 Å². The molecule has 6 heteroatoms. The van der Waals surface area contributed by atoms with E-state index in [1.165, 1.54) is 11.8 Å². The Morgan fingerprint density at radius 3 is 2.52 bits per heavy atom. The van der Waals surface area contributed by atoms with Crippen LogP contribution in [0, 0.1) is 28.8 Å². The van der Waals surface area contributed by atoms with Gasteiger partial charge in [-0.05, 0) is 30.0 Å². The van der Waals surface area contributed by atoms with Crippen LogP contribution in [0.25, 0.3) is 0 Å². The van der Waals surface area contributed by atoms with Crippen LogP contribution in [-0.2, 0) is 0 Å². The Bertz CT molecular complexity index is 711. The van der Waals surface area contributed by atoms with Gasteiger partial charge in [0.2, 0.25) is 0 Å². The van der Waals surface area contributed by atoms with Gasteiger partial charge >= 0.3 is 0 Å². The minimum absolute atomic E-state index is 0.218. The SMILES string of the molecule is CCSc1cccc(Nc2ccc(F)c(F)c2F)c1C#N. The summed E-state index contributed by atoms with van der Waals surface area (Å²) in [6.45, 7) is 1.95. The molecule has 21 heavy (non-hydrogen) atoms. The highest BCUT2D eigenvalue weighted by Crippen LogP contribution is 2.31. The third-order valence-corrected chi connectivity index (χ3v) is 3.68. The summed E-state index contributed by atoms with van der Waals surface area (Å²) in [5.74, 6) is -3.34. The van der Waals surface area contributed by atoms with Crippen molar-refractivity contribution < 1.29 is 13.2 Å². The van der Waals surface area contributed by atoms with Gasteiger partial charge in [-0.3, -0.25) is 0 Å². The van der Waals surface area contributed by atoms with Crippen LogP contribution in [0.5, 0.6) is 0 Å². The molecule has 0 saturated heterocycles. The van der Waals surface area contributed by atoms with Crippen molar-refractivity contribution in [3.8, 4) is 6.07 Å². The van der Waals surface area contributed by atoms with Crippen molar-refractivity contribution in [3.63, 3.8) is 0 Å². The van der Waals surface area contributed by atoms with E-state index in [0.717, 1.165) is 22.8 Å². The average molecular weight is 308 g/mol. The first-order valence-corrected chi connectivity index (χ1v) is 7.13. The molecule has 0 unspecified atom stereocenters. The maximum absolute atomic E-state index is 13.7. The summed E-state index contributed by atoms with van der Waals surface area (Å²) < 4.78 is 39.8. The fourth-order valence-electron chi connectivity index (χ4n) is 1.79. The largest absolute Gasteiger partial charge is 0.352 e. The smallest absolute Gasteiger partial charge is 0.196 e. The predicted octanol–water partition coefficient (Wildman–Crippen LogP) is 4.83. The van der Waals surface area contributed by atoms with Crippen molar-refractivity contribution in [3.05, 3.63) is 53.3 Å². The van der Waals surface area contributed by atoms with E-state index in [1.54, 1.807) is 18.2 Å². The fourth-order valence-corrected chi connectivity index (χ4v) is 2.58. The van der Waals surface area contributed by atoms with Gasteiger partial charge in [0.1, 0.15) is 6.07 Å². The van der Waals surface area contributed by atoms with Crippen molar-refractivity contribution in [1.82, 2.24) is 0 Å². The van der Waals surface area contributed by atoms with Crippen LogP contribution in [0.4, 0.5) is 24.5 Å². The van der Waals surface area contributed by atoms with E-state index in [1.807, 2.05) is 13.0 Å². The number of benzene rings is 2. The van der Waals surface area contributed by atoms with Crippen LogP contribution < -0.4 is 5.32 Å². The van der Waals surface area contributed by atoms with Crippen LogP contribution in [0.3, 0.4) is 0 Å². The average Bonchev–Trinajstić information content (AvgIpc) is 2.48. The molecule has 2 aromatic carbocycles. The fraction of sp³-hybridized carbons (Fsp3) is 0.133. The third-order valence-electron chi connectivity index (χ3n) is 2.74. The van der Waals surface area contributed by atoms with E-state index in [0.29, 0.717) is 11.3 Å². The van der Waals surface area contributed by atoms with Gasteiger partial charge in [-0.15, -0.1) is 11.8 Å². The second-order valence-electron chi connectivity index (χ2n) is 4.07. The number of anilines is 2. The summed E-state index contributed by atoms with van der Waals surface area (Å²) in [6, 6.07) is 9.03. The summed E-state index contributed by atoms with van der Waals surface area (Å²) in [5, 5.41) is 11.9. The van der Waals surface area contributed by atoms with Gasteiger partial charge in [-0.2, -0.15) is 5.26 Å². The monoisotopic (exact) mass is 308 g/mol. The topological polar surface area (TPSA) is 35.8 Å². The second-order valence-corrected chi connectivity index (χ2v) is 5.38. The maximum atomic E-state index is 13.7. The second kappa shape index (κ2) is 6.55. The lowest BCUT2D eigenvalue weighted by atomic mass is 10.2. The van der Waals surface area contributed by atoms with Gasteiger partial charge in [-0.25, -0.2) is 13.2 Å². The minimum atomic E-state index is -1.54. The summed E-state index contributed by atoms with van der Waals surface area (Å²) in [7, 11) is 0. The number of rotatable bonds is 4. The maximum Gasteiger partial charge on any atom is 0.196 e. The lowest BCUT2D eigenvalue weighted by Gasteiger charge is -2.12. The van der Waals surface area contributed by atoms with E-state index in [4.69, 9.17) is 0 Å². The normalized spacial score (nSPS) is 10.2. The molecule has 0 bridgehead atoms. The van der Waals surface area contributed by atoms with Crippen molar-refractivity contribution in [2.75, 3.05) is 11.1 Å². The van der Waals surface area contributed by atoms with Gasteiger partial charge < -0.3 is 5.32 Å². The minimum Gasteiger partial charge on any atom is -0.352 e. The Kier molecular flexibility index (Phi) is 4.76. The van der Waals surface area contributed by atoms with Crippen LogP contribution in [0.1, 0.15) is 12.5 Å². The number of halogens is 3. The molecule has 0 aliphatic heterocycles. The molecule has 2 nitrogen and oxygen atoms in total. The van der Waals surface area contributed by atoms with E-state index in [2.05, 4.69) is 5.32 Å². The summed E-state index contributed by atoms with van der Waals surface area (Å²) in [4.78, 5) is 0.744. The first-order chi connectivity index (χ1) is 10.1. The lowest BCUT2D eigenvalue weighted by molar-refractivity contribution is 0.449. The zero-order valence-corrected chi connectivity index (χ0v) is 11.9. The molecule has 1 N–H and O–H groups in total. The Hall–Kier alpha value is -2.13. The number of hydrogen-bond donors (Lipinski definition) is 1. The third kappa shape index (κ3) is 3.14. The summed E-state index contributed by atoms with van der Waals surface area (Å²) in [6.07, 6.45) is 0. The van der Waals surface area contributed by atoms with Crippen LogP contribution in [-0.4, -0.2) is 5.75 Å². The molecule has 0 heterocycles. The molecule has 108 valence electrons.